The molecule has 0 unspecified atom stereocenters. The predicted octanol–water partition coefficient (Wildman–Crippen LogP) is 1.72. The standard InChI is InChI=1S/C18H25N3O3S/c22-18-5-3-12-20(18)14-6-8-15(9-7-14)25(23,24)21-13-10-16-17(21)4-1-2-11-19-16/h6-9,16-17,19H,1-5,10-13H2/t16-,17-/m1/s1. The molecule has 3 aliphatic heterocycles. The number of fused-ring (bicyclic) bond motifs is 1. The minimum atomic E-state index is -3.49. The van der Waals surface area contributed by atoms with E-state index in [-0.39, 0.29) is 18.0 Å². The van der Waals surface area contributed by atoms with Gasteiger partial charge in [-0.1, -0.05) is 6.42 Å². The van der Waals surface area contributed by atoms with Crippen molar-refractivity contribution in [2.45, 2.75) is 55.5 Å². The van der Waals surface area contributed by atoms with Gasteiger partial charge in [-0.2, -0.15) is 4.31 Å². The molecule has 0 spiro atoms. The first-order chi connectivity index (χ1) is 12.1. The van der Waals surface area contributed by atoms with Crippen molar-refractivity contribution in [3.63, 3.8) is 0 Å². The van der Waals surface area contributed by atoms with Crippen molar-refractivity contribution in [3.05, 3.63) is 24.3 Å². The molecule has 6 nitrogen and oxygen atoms in total. The van der Waals surface area contributed by atoms with E-state index in [0.717, 1.165) is 44.3 Å². The minimum absolute atomic E-state index is 0.0623. The van der Waals surface area contributed by atoms with Crippen molar-refractivity contribution in [3.8, 4) is 0 Å². The summed E-state index contributed by atoms with van der Waals surface area (Å²) in [6, 6.07) is 7.15. The molecule has 1 aromatic carbocycles. The summed E-state index contributed by atoms with van der Waals surface area (Å²) in [5.41, 5.74) is 0.789. The second kappa shape index (κ2) is 6.70. The summed E-state index contributed by atoms with van der Waals surface area (Å²) in [6.45, 7) is 2.27. The summed E-state index contributed by atoms with van der Waals surface area (Å²) in [6.07, 6.45) is 5.42. The van der Waals surface area contributed by atoms with Crippen molar-refractivity contribution in [2.24, 2.45) is 0 Å². The van der Waals surface area contributed by atoms with Crippen molar-refractivity contribution in [2.75, 3.05) is 24.5 Å². The third-order valence-corrected chi connectivity index (χ3v) is 7.60. The Balaban J connectivity index is 1.56. The molecule has 1 N–H and O–H groups in total. The van der Waals surface area contributed by atoms with Gasteiger partial charge in [-0.15, -0.1) is 0 Å². The number of anilines is 1. The molecule has 136 valence electrons. The van der Waals surface area contributed by atoms with Crippen LogP contribution in [0.15, 0.2) is 29.2 Å². The maximum absolute atomic E-state index is 13.1. The largest absolute Gasteiger partial charge is 0.312 e. The summed E-state index contributed by atoms with van der Waals surface area (Å²) >= 11 is 0. The molecule has 3 heterocycles. The van der Waals surface area contributed by atoms with E-state index >= 15 is 0 Å². The monoisotopic (exact) mass is 363 g/mol. The van der Waals surface area contributed by atoms with Crippen LogP contribution in [0.1, 0.15) is 38.5 Å². The van der Waals surface area contributed by atoms with Gasteiger partial charge in [0.1, 0.15) is 0 Å². The number of nitrogens with one attached hydrogen (secondary N) is 1. The number of amides is 1. The van der Waals surface area contributed by atoms with E-state index in [2.05, 4.69) is 5.32 Å². The fraction of sp³-hybridized carbons (Fsp3) is 0.611. The van der Waals surface area contributed by atoms with Crippen LogP contribution in [-0.4, -0.2) is 50.3 Å². The average Bonchev–Trinajstić information content (AvgIpc) is 3.15. The number of sulfonamides is 1. The average molecular weight is 363 g/mol. The van der Waals surface area contributed by atoms with E-state index in [9.17, 15) is 13.2 Å². The van der Waals surface area contributed by atoms with Crippen molar-refractivity contribution in [1.29, 1.82) is 0 Å². The Labute approximate surface area is 149 Å². The lowest BCUT2D eigenvalue weighted by Crippen LogP contribution is -2.43. The maximum Gasteiger partial charge on any atom is 0.243 e. The van der Waals surface area contributed by atoms with Crippen LogP contribution in [0.3, 0.4) is 0 Å². The molecular formula is C18H25N3O3S. The van der Waals surface area contributed by atoms with Crippen LogP contribution in [0.25, 0.3) is 0 Å². The molecule has 0 saturated carbocycles. The zero-order chi connectivity index (χ0) is 17.4. The van der Waals surface area contributed by atoms with Gasteiger partial charge in [0.05, 0.1) is 4.90 Å². The number of carbonyl (C=O) groups excluding carboxylic acids is 1. The molecule has 1 aromatic rings. The zero-order valence-corrected chi connectivity index (χ0v) is 15.2. The van der Waals surface area contributed by atoms with Crippen molar-refractivity contribution in [1.82, 2.24) is 9.62 Å². The quantitative estimate of drug-likeness (QED) is 0.888. The lowest BCUT2D eigenvalue weighted by Gasteiger charge is -2.26. The van der Waals surface area contributed by atoms with Crippen LogP contribution in [0.5, 0.6) is 0 Å². The van der Waals surface area contributed by atoms with Gasteiger partial charge in [0.2, 0.25) is 15.9 Å². The van der Waals surface area contributed by atoms with Gasteiger partial charge < -0.3 is 10.2 Å². The Morgan fingerprint density at radius 3 is 2.52 bits per heavy atom. The van der Waals surface area contributed by atoms with Gasteiger partial charge in [0.15, 0.2) is 0 Å². The number of hydrogen-bond acceptors (Lipinski definition) is 4. The van der Waals surface area contributed by atoms with E-state index in [1.165, 1.54) is 0 Å². The van der Waals surface area contributed by atoms with Crippen LogP contribution >= 0.6 is 0 Å². The number of hydrogen-bond donors (Lipinski definition) is 1. The maximum atomic E-state index is 13.1. The van der Waals surface area contributed by atoms with Crippen LogP contribution in [0.2, 0.25) is 0 Å². The molecule has 7 heteroatoms. The molecule has 0 aliphatic carbocycles. The van der Waals surface area contributed by atoms with Gasteiger partial charge in [-0.25, -0.2) is 8.42 Å². The van der Waals surface area contributed by atoms with Gasteiger partial charge in [0, 0.05) is 37.3 Å². The highest BCUT2D eigenvalue weighted by Gasteiger charge is 2.41. The van der Waals surface area contributed by atoms with E-state index in [1.54, 1.807) is 33.5 Å². The normalized spacial score (nSPS) is 28.2. The third kappa shape index (κ3) is 3.09. The van der Waals surface area contributed by atoms with E-state index < -0.39 is 10.0 Å². The van der Waals surface area contributed by atoms with Gasteiger partial charge in [-0.05, 0) is 56.5 Å². The second-order valence-electron chi connectivity index (χ2n) is 7.17. The number of benzene rings is 1. The Hall–Kier alpha value is -1.44. The van der Waals surface area contributed by atoms with Gasteiger partial charge in [-0.3, -0.25) is 4.79 Å². The Morgan fingerprint density at radius 2 is 1.80 bits per heavy atom. The van der Waals surface area contributed by atoms with Gasteiger partial charge in [0.25, 0.3) is 0 Å². The Kier molecular flexibility index (Phi) is 4.56. The van der Waals surface area contributed by atoms with Crippen molar-refractivity contribution >= 4 is 21.6 Å². The van der Waals surface area contributed by atoms with Crippen LogP contribution in [0.4, 0.5) is 5.69 Å². The van der Waals surface area contributed by atoms with Crippen molar-refractivity contribution < 1.29 is 13.2 Å². The highest BCUT2D eigenvalue weighted by molar-refractivity contribution is 7.89. The molecule has 3 saturated heterocycles. The first-order valence-electron chi connectivity index (χ1n) is 9.23. The summed E-state index contributed by atoms with van der Waals surface area (Å²) in [4.78, 5) is 13.9. The molecule has 3 aliphatic rings. The minimum Gasteiger partial charge on any atom is -0.312 e. The number of carbonyl (C=O) groups is 1. The number of nitrogens with zero attached hydrogens (tertiary/aromatic N) is 2. The van der Waals surface area contributed by atoms with Crippen LogP contribution in [-0.2, 0) is 14.8 Å². The topological polar surface area (TPSA) is 69.7 Å². The fourth-order valence-corrected chi connectivity index (χ4v) is 6.03. The smallest absolute Gasteiger partial charge is 0.243 e. The third-order valence-electron chi connectivity index (χ3n) is 5.66. The lowest BCUT2D eigenvalue weighted by atomic mass is 10.1. The predicted molar refractivity (Wildman–Crippen MR) is 96.0 cm³/mol. The van der Waals surface area contributed by atoms with Crippen LogP contribution < -0.4 is 10.2 Å². The highest BCUT2D eigenvalue weighted by atomic mass is 32.2. The highest BCUT2D eigenvalue weighted by Crippen LogP contribution is 2.31. The summed E-state index contributed by atoms with van der Waals surface area (Å²) < 4.78 is 27.9. The summed E-state index contributed by atoms with van der Waals surface area (Å²) in [7, 11) is -3.49. The molecule has 3 fully saturated rings. The zero-order valence-electron chi connectivity index (χ0n) is 14.4. The lowest BCUT2D eigenvalue weighted by molar-refractivity contribution is -0.117. The van der Waals surface area contributed by atoms with E-state index in [4.69, 9.17) is 0 Å². The second-order valence-corrected chi connectivity index (χ2v) is 9.06. The summed E-state index contributed by atoms with van der Waals surface area (Å²) in [5.74, 6) is 0.113. The molecule has 1 amide bonds. The Bertz CT molecular complexity index is 747. The molecule has 2 atom stereocenters. The molecule has 4 rings (SSSR count). The molecular weight excluding hydrogens is 338 g/mol. The molecule has 25 heavy (non-hydrogen) atoms. The SMILES string of the molecule is O=C1CCCN1c1ccc(S(=O)(=O)N2CC[C@H]3NCCCC[C@H]32)cc1. The van der Waals surface area contributed by atoms with E-state index in [0.29, 0.717) is 24.4 Å². The first-order valence-corrected chi connectivity index (χ1v) is 10.7. The molecule has 0 aromatic heterocycles. The molecule has 0 bridgehead atoms. The fourth-order valence-electron chi connectivity index (χ4n) is 4.33. The van der Waals surface area contributed by atoms with E-state index in [1.807, 2.05) is 0 Å². The summed E-state index contributed by atoms with van der Waals surface area (Å²) in [5, 5.41) is 3.50. The Morgan fingerprint density at radius 1 is 1.00 bits per heavy atom. The first kappa shape index (κ1) is 17.0. The molecule has 0 radical (unpaired) electrons. The van der Waals surface area contributed by atoms with Crippen LogP contribution in [0, 0.1) is 0 Å². The van der Waals surface area contributed by atoms with Gasteiger partial charge >= 0.3 is 0 Å². The number of rotatable bonds is 3.